The van der Waals surface area contributed by atoms with Crippen LogP contribution in [-0.2, 0) is 15.7 Å². The minimum atomic E-state index is -4.94. The van der Waals surface area contributed by atoms with Crippen LogP contribution in [0.15, 0.2) is 11.0 Å². The van der Waals surface area contributed by atoms with Crippen molar-refractivity contribution in [3.63, 3.8) is 0 Å². The van der Waals surface area contributed by atoms with E-state index in [4.69, 9.17) is 9.47 Å². The zero-order valence-corrected chi connectivity index (χ0v) is 20.3. The number of piperidine rings is 1. The number of nitrogens with zero attached hydrogens (tertiary/aromatic N) is 3. The average Bonchev–Trinajstić information content (AvgIpc) is 2.82. The Morgan fingerprint density at radius 3 is 2.38 bits per heavy atom. The van der Waals surface area contributed by atoms with Crippen LogP contribution < -0.4 is 20.9 Å². The van der Waals surface area contributed by atoms with Gasteiger partial charge in [-0.05, 0) is 19.8 Å². The van der Waals surface area contributed by atoms with E-state index in [1.54, 1.807) is 12.1 Å². The number of hydrogen-bond acceptors (Lipinski definition) is 8. The summed E-state index contributed by atoms with van der Waals surface area (Å²) >= 11 is 0. The summed E-state index contributed by atoms with van der Waals surface area (Å²) in [6.07, 6.45) is -8.48. The molecule has 0 aliphatic carbocycles. The Bertz CT molecular complexity index is 958. The lowest BCUT2D eigenvalue weighted by Gasteiger charge is -2.43. The number of carbonyl (C=O) groups excluding carboxylic acids is 1. The van der Waals surface area contributed by atoms with Gasteiger partial charge in [-0.1, -0.05) is 0 Å². The number of alkyl halides is 6. The monoisotopic (exact) mass is 544 g/mol. The van der Waals surface area contributed by atoms with Crippen LogP contribution in [0, 0.1) is 5.92 Å². The third-order valence-electron chi connectivity index (χ3n) is 6.39. The maximum Gasteiger partial charge on any atom is 0.425 e. The van der Waals surface area contributed by atoms with E-state index in [1.807, 2.05) is 4.90 Å². The Morgan fingerprint density at radius 1 is 1.19 bits per heavy atom. The second kappa shape index (κ2) is 12.0. The van der Waals surface area contributed by atoms with E-state index in [9.17, 15) is 35.9 Å². The van der Waals surface area contributed by atoms with Gasteiger partial charge in [0, 0.05) is 39.3 Å². The van der Waals surface area contributed by atoms with E-state index < -0.39 is 41.2 Å². The lowest BCUT2D eigenvalue weighted by molar-refractivity contribution is -0.179. The molecular formula is C21H30F6N6O4. The summed E-state index contributed by atoms with van der Waals surface area (Å²) in [6.45, 7) is 1.72. The molecule has 0 radical (unpaired) electrons. The molecule has 1 aromatic rings. The van der Waals surface area contributed by atoms with Crippen LogP contribution in [0.5, 0.6) is 5.75 Å². The van der Waals surface area contributed by atoms with Gasteiger partial charge in [0.25, 0.3) is 5.56 Å². The van der Waals surface area contributed by atoms with Crippen LogP contribution in [0.3, 0.4) is 0 Å². The number of H-pyrrole nitrogens is 1. The summed E-state index contributed by atoms with van der Waals surface area (Å²) in [5, 5.41) is 10.8. The van der Waals surface area contributed by atoms with Crippen LogP contribution in [0.4, 0.5) is 26.3 Å². The molecule has 3 rings (SSSR count). The third kappa shape index (κ3) is 7.78. The van der Waals surface area contributed by atoms with E-state index in [0.717, 1.165) is 6.20 Å². The van der Waals surface area contributed by atoms with Crippen molar-refractivity contribution in [3.05, 3.63) is 22.1 Å². The molecule has 2 aliphatic heterocycles. The van der Waals surface area contributed by atoms with Gasteiger partial charge < -0.3 is 14.4 Å². The smallest absolute Gasteiger partial charge is 0.425 e. The van der Waals surface area contributed by atoms with Crippen molar-refractivity contribution >= 4 is 5.91 Å². The number of ether oxygens (including phenoxy) is 2. The minimum absolute atomic E-state index is 0.0935. The molecule has 2 fully saturated rings. The van der Waals surface area contributed by atoms with Gasteiger partial charge in [-0.25, -0.2) is 5.10 Å². The van der Waals surface area contributed by atoms with Crippen LogP contribution >= 0.6 is 0 Å². The van der Waals surface area contributed by atoms with Gasteiger partial charge in [-0.2, -0.15) is 31.4 Å². The number of likely N-dealkylation sites (tertiary alicyclic amines) is 1. The lowest BCUT2D eigenvalue weighted by Crippen LogP contribution is -2.64. The fraction of sp³-hybridized carbons (Fsp3) is 0.762. The first-order valence-corrected chi connectivity index (χ1v) is 11.7. The molecule has 1 atom stereocenters. The lowest BCUT2D eigenvalue weighted by atomic mass is 10.0. The van der Waals surface area contributed by atoms with E-state index in [1.165, 1.54) is 11.8 Å². The highest BCUT2D eigenvalue weighted by Gasteiger charge is 2.43. The highest BCUT2D eigenvalue weighted by molar-refractivity contribution is 5.77. The highest BCUT2D eigenvalue weighted by Crippen LogP contribution is 2.33. The first kappa shape index (κ1) is 29.1. The Kier molecular flexibility index (Phi) is 9.42. The quantitative estimate of drug-likeness (QED) is 0.418. The Labute approximate surface area is 208 Å². The summed E-state index contributed by atoms with van der Waals surface area (Å²) in [7, 11) is 1.62. The van der Waals surface area contributed by atoms with Crippen molar-refractivity contribution in [1.29, 1.82) is 0 Å². The number of nitrogens with one attached hydrogen (secondary N) is 3. The number of carbonyl (C=O) groups is 1. The number of aromatic amines is 1. The Morgan fingerprint density at radius 2 is 1.81 bits per heavy atom. The molecule has 3 heterocycles. The number of halogens is 6. The molecule has 0 spiro atoms. The van der Waals surface area contributed by atoms with Crippen LogP contribution in [0.1, 0.15) is 25.3 Å². The van der Waals surface area contributed by atoms with E-state index in [-0.39, 0.29) is 44.5 Å². The van der Waals surface area contributed by atoms with Crippen molar-refractivity contribution < 1.29 is 40.6 Å². The maximum absolute atomic E-state index is 13.1. The standard InChI is InChI=1S/C21H30F6N6O4/c1-12(37-15-9-30-31-18(35)17(15)21(25,26)27)10-36-11-16(34)32(2)14-3-5-33(6-4-14)19-28-7-13(8-29-19)20(22,23)24/h9,12-14,19,28-29H,3-8,10-11H2,1-2H3,(H,31,35)/t12-,13?,19?/m0/s1. The van der Waals surface area contributed by atoms with Gasteiger partial charge in [0.2, 0.25) is 5.91 Å². The number of aromatic nitrogens is 2. The van der Waals surface area contributed by atoms with Gasteiger partial charge >= 0.3 is 12.4 Å². The first-order chi connectivity index (χ1) is 17.3. The van der Waals surface area contributed by atoms with Gasteiger partial charge in [-0.15, -0.1) is 0 Å². The van der Waals surface area contributed by atoms with Gasteiger partial charge in [0.15, 0.2) is 11.3 Å². The summed E-state index contributed by atoms with van der Waals surface area (Å²) in [5.74, 6) is -2.50. The zero-order valence-electron chi connectivity index (χ0n) is 20.3. The number of likely N-dealkylation sites (N-methyl/N-ethyl adjacent to an activating group) is 1. The molecule has 2 aliphatic rings. The molecule has 0 bridgehead atoms. The molecule has 0 saturated carbocycles. The maximum atomic E-state index is 13.1. The average molecular weight is 544 g/mol. The molecule has 1 aromatic heterocycles. The summed E-state index contributed by atoms with van der Waals surface area (Å²) in [4.78, 5) is 27.6. The number of hydrogen-bond donors (Lipinski definition) is 3. The highest BCUT2D eigenvalue weighted by atomic mass is 19.4. The first-order valence-electron chi connectivity index (χ1n) is 11.7. The van der Waals surface area contributed by atoms with Crippen LogP contribution in [0.25, 0.3) is 0 Å². The topological polar surface area (TPSA) is 112 Å². The Balaban J connectivity index is 1.39. The van der Waals surface area contributed by atoms with E-state index in [0.29, 0.717) is 25.9 Å². The summed E-state index contributed by atoms with van der Waals surface area (Å²) in [5.41, 5.74) is -2.93. The third-order valence-corrected chi connectivity index (χ3v) is 6.39. The number of amides is 1. The fourth-order valence-electron chi connectivity index (χ4n) is 4.28. The number of rotatable bonds is 8. The van der Waals surface area contributed by atoms with Crippen LogP contribution in [0.2, 0.25) is 0 Å². The minimum Gasteiger partial charge on any atom is -0.486 e. The molecule has 0 aromatic carbocycles. The summed E-state index contributed by atoms with van der Waals surface area (Å²) in [6, 6.07) is -0.0935. The van der Waals surface area contributed by atoms with Gasteiger partial charge in [0.1, 0.15) is 19.0 Å². The second-order valence-electron chi connectivity index (χ2n) is 9.11. The molecule has 10 nitrogen and oxygen atoms in total. The van der Waals surface area contributed by atoms with Crippen molar-refractivity contribution in [2.24, 2.45) is 5.92 Å². The van der Waals surface area contributed by atoms with Crippen LogP contribution in [-0.4, -0.2) is 97.0 Å². The molecule has 2 saturated heterocycles. The molecule has 3 N–H and O–H groups in total. The summed E-state index contributed by atoms with van der Waals surface area (Å²) < 4.78 is 88.3. The normalized spacial score (nSPS) is 23.0. The molecular weight excluding hydrogens is 514 g/mol. The molecule has 210 valence electrons. The molecule has 37 heavy (non-hydrogen) atoms. The van der Waals surface area contributed by atoms with Crippen molar-refractivity contribution in [2.75, 3.05) is 46.4 Å². The van der Waals surface area contributed by atoms with E-state index >= 15 is 0 Å². The molecule has 16 heteroatoms. The zero-order chi connectivity index (χ0) is 27.4. The van der Waals surface area contributed by atoms with Gasteiger partial charge in [0.05, 0.1) is 18.7 Å². The SMILES string of the molecule is C[C@@H](COCC(=O)N(C)C1CCN(C2NCC(C(F)(F)F)CN2)CC1)Oc1cn[nH]c(=O)c1C(F)(F)F. The second-order valence-corrected chi connectivity index (χ2v) is 9.11. The van der Waals surface area contributed by atoms with Gasteiger partial charge in [-0.3, -0.25) is 25.1 Å². The van der Waals surface area contributed by atoms with Crippen molar-refractivity contribution in [1.82, 2.24) is 30.6 Å². The fourth-order valence-corrected chi connectivity index (χ4v) is 4.28. The Hall–Kier alpha value is -2.43. The predicted octanol–water partition coefficient (Wildman–Crippen LogP) is 1.15. The van der Waals surface area contributed by atoms with E-state index in [2.05, 4.69) is 15.7 Å². The van der Waals surface area contributed by atoms with Crippen molar-refractivity contribution in [2.45, 2.75) is 50.6 Å². The molecule has 0 unspecified atom stereocenters. The molecule has 1 amide bonds. The largest absolute Gasteiger partial charge is 0.486 e. The van der Waals surface area contributed by atoms with Crippen molar-refractivity contribution in [3.8, 4) is 5.75 Å². The predicted molar refractivity (Wildman–Crippen MR) is 117 cm³/mol.